The van der Waals surface area contributed by atoms with Gasteiger partial charge in [0.2, 0.25) is 6.29 Å². The number of rotatable bonds is 16. The summed E-state index contributed by atoms with van der Waals surface area (Å²) in [6, 6.07) is 8.60. The molecular weight excluding hydrogens is 626 g/mol. The topological polar surface area (TPSA) is 291 Å². The molecule has 0 aliphatic carbocycles. The predicted molar refractivity (Wildman–Crippen MR) is 149 cm³/mol. The number of aliphatic hydroxyl groups excluding tert-OH is 4. The summed E-state index contributed by atoms with van der Waals surface area (Å²) < 4.78 is 56.5. The van der Waals surface area contributed by atoms with Gasteiger partial charge in [0.15, 0.2) is 11.5 Å². The van der Waals surface area contributed by atoms with Crippen molar-refractivity contribution in [3.05, 3.63) is 64.0 Å². The summed E-state index contributed by atoms with van der Waals surface area (Å²) in [6.45, 7) is -0.582. The van der Waals surface area contributed by atoms with Crippen LogP contribution in [0.3, 0.4) is 0 Å². The largest absolute Gasteiger partial charge is 0.501 e. The Morgan fingerprint density at radius 3 is 2.42 bits per heavy atom. The maximum absolute atomic E-state index is 12.9. The van der Waals surface area contributed by atoms with Gasteiger partial charge in [-0.2, -0.15) is 0 Å². The minimum atomic E-state index is -4.92. The minimum absolute atomic E-state index is 0.0380. The Kier molecular flexibility index (Phi) is 12.9. The number of primary amides is 1. The van der Waals surface area contributed by atoms with Crippen molar-refractivity contribution in [1.82, 2.24) is 5.32 Å². The van der Waals surface area contributed by atoms with Crippen LogP contribution in [0.1, 0.15) is 15.9 Å². The molecule has 1 aliphatic heterocycles. The lowest BCUT2D eigenvalue weighted by molar-refractivity contribution is -0.277. The molecule has 1 aliphatic rings. The summed E-state index contributed by atoms with van der Waals surface area (Å²) in [5, 5.41) is 45.8. The zero-order valence-electron chi connectivity index (χ0n) is 23.4. The summed E-state index contributed by atoms with van der Waals surface area (Å²) in [6.07, 6.45) is -9.38. The van der Waals surface area contributed by atoms with E-state index in [2.05, 4.69) is 20.1 Å². The van der Waals surface area contributed by atoms with E-state index in [1.54, 1.807) is 0 Å². The zero-order valence-corrected chi connectivity index (χ0v) is 24.2. The molecule has 0 bridgehead atoms. The summed E-state index contributed by atoms with van der Waals surface area (Å²) in [5.74, 6) is -1.88. The number of aliphatic hydroxyl groups is 4. The first-order chi connectivity index (χ1) is 21.4. The molecule has 246 valence electrons. The van der Waals surface area contributed by atoms with Crippen LogP contribution in [0.25, 0.3) is 10.4 Å². The Morgan fingerprint density at radius 1 is 1.02 bits per heavy atom. The molecule has 1 saturated heterocycles. The number of amides is 2. The average Bonchev–Trinajstić information content (AvgIpc) is 3.00. The first-order valence-electron chi connectivity index (χ1n) is 13.1. The number of nitrogens with two attached hydrogens (primary N) is 1. The van der Waals surface area contributed by atoms with Crippen LogP contribution < -0.4 is 24.2 Å². The molecule has 1 fully saturated rings. The van der Waals surface area contributed by atoms with Crippen LogP contribution in [0.5, 0.6) is 17.2 Å². The van der Waals surface area contributed by atoms with Crippen molar-refractivity contribution < 1.29 is 65.7 Å². The van der Waals surface area contributed by atoms with E-state index in [0.29, 0.717) is 5.56 Å². The number of ether oxygens (including phenoxy) is 4. The van der Waals surface area contributed by atoms with Crippen molar-refractivity contribution in [2.75, 3.05) is 32.9 Å². The molecule has 0 spiro atoms. The Labute approximate surface area is 255 Å². The highest BCUT2D eigenvalue weighted by molar-refractivity contribution is 7.82. The maximum atomic E-state index is 12.9. The SMILES string of the molecule is [N-]=[N+]=NCCOCCNC(=O)c1ccc(O[C@H]2O[C@@H](CO)[C@@H](O)[C@@H](O)[C@@H]2O)c(OS(=O)(=O)Oc2ccc(COC(N)=O)cc2)c1. The van der Waals surface area contributed by atoms with Gasteiger partial charge in [0, 0.05) is 23.6 Å². The fourth-order valence-corrected chi connectivity index (χ4v) is 4.46. The van der Waals surface area contributed by atoms with Crippen molar-refractivity contribution >= 4 is 22.4 Å². The third-order valence-electron chi connectivity index (χ3n) is 5.92. The van der Waals surface area contributed by atoms with Crippen LogP contribution in [-0.4, -0.2) is 104 Å². The molecule has 2 aromatic carbocycles. The quantitative estimate of drug-likeness (QED) is 0.0559. The average molecular weight is 658 g/mol. The molecule has 19 nitrogen and oxygen atoms in total. The van der Waals surface area contributed by atoms with E-state index >= 15 is 0 Å². The number of benzene rings is 2. The number of carbonyl (C=O) groups is 2. The van der Waals surface area contributed by atoms with Gasteiger partial charge in [-0.25, -0.2) is 4.79 Å². The normalized spacial score (nSPS) is 21.2. The Balaban J connectivity index is 1.80. The van der Waals surface area contributed by atoms with E-state index in [0.717, 1.165) is 12.1 Å². The molecular formula is C25H31N5O14S. The molecule has 2 aromatic rings. The molecule has 45 heavy (non-hydrogen) atoms. The van der Waals surface area contributed by atoms with E-state index < -0.39 is 71.2 Å². The van der Waals surface area contributed by atoms with Crippen molar-refractivity contribution in [2.24, 2.45) is 10.8 Å². The third kappa shape index (κ3) is 10.6. The summed E-state index contributed by atoms with van der Waals surface area (Å²) in [7, 11) is -4.92. The van der Waals surface area contributed by atoms with Crippen LogP contribution in [0, 0.1) is 0 Å². The second-order valence-corrected chi connectivity index (χ2v) is 10.3. The second kappa shape index (κ2) is 16.6. The lowest BCUT2D eigenvalue weighted by Gasteiger charge is -2.39. The molecule has 20 heteroatoms. The summed E-state index contributed by atoms with van der Waals surface area (Å²) in [5.41, 5.74) is 13.5. The highest BCUT2D eigenvalue weighted by Gasteiger charge is 2.45. The van der Waals surface area contributed by atoms with Gasteiger partial charge >= 0.3 is 16.5 Å². The van der Waals surface area contributed by atoms with E-state index in [-0.39, 0.29) is 44.2 Å². The second-order valence-electron chi connectivity index (χ2n) is 9.13. The fourth-order valence-electron chi connectivity index (χ4n) is 3.73. The van der Waals surface area contributed by atoms with Crippen LogP contribution >= 0.6 is 0 Å². The number of nitrogens with one attached hydrogen (secondary N) is 1. The minimum Gasteiger partial charge on any atom is -0.458 e. The van der Waals surface area contributed by atoms with Gasteiger partial charge in [0.1, 0.15) is 36.8 Å². The van der Waals surface area contributed by atoms with Gasteiger partial charge in [0.25, 0.3) is 5.91 Å². The van der Waals surface area contributed by atoms with Gasteiger partial charge in [-0.15, -0.1) is 8.42 Å². The Hall–Kier alpha value is -4.40. The number of azide groups is 1. The van der Waals surface area contributed by atoms with Crippen molar-refractivity contribution in [1.29, 1.82) is 0 Å². The molecule has 0 aromatic heterocycles. The molecule has 0 unspecified atom stereocenters. The summed E-state index contributed by atoms with van der Waals surface area (Å²) >= 11 is 0. The molecule has 0 radical (unpaired) electrons. The van der Waals surface area contributed by atoms with Crippen molar-refractivity contribution in [3.8, 4) is 17.2 Å². The Bertz CT molecular complexity index is 1450. The number of nitrogens with zero attached hydrogens (tertiary/aromatic N) is 3. The monoisotopic (exact) mass is 657 g/mol. The third-order valence-corrected chi connectivity index (χ3v) is 6.70. The zero-order chi connectivity index (χ0) is 33.0. The highest BCUT2D eigenvalue weighted by Crippen LogP contribution is 2.34. The van der Waals surface area contributed by atoms with Gasteiger partial charge < -0.3 is 58.8 Å². The van der Waals surface area contributed by atoms with Gasteiger partial charge in [-0.3, -0.25) is 4.79 Å². The first-order valence-corrected chi connectivity index (χ1v) is 14.4. The van der Waals surface area contributed by atoms with Gasteiger partial charge in [0.05, 0.1) is 19.8 Å². The molecule has 5 atom stereocenters. The Morgan fingerprint density at radius 2 is 1.76 bits per heavy atom. The predicted octanol–water partition coefficient (Wildman–Crippen LogP) is -0.780. The fraction of sp³-hybridized carbons (Fsp3) is 0.440. The number of hydrogen-bond acceptors (Lipinski definition) is 15. The van der Waals surface area contributed by atoms with Crippen molar-refractivity contribution in [2.45, 2.75) is 37.3 Å². The van der Waals surface area contributed by atoms with E-state index in [4.69, 9.17) is 33.8 Å². The van der Waals surface area contributed by atoms with E-state index in [1.807, 2.05) is 0 Å². The molecule has 7 N–H and O–H groups in total. The number of carbonyl (C=O) groups excluding carboxylic acids is 2. The number of hydrogen-bond donors (Lipinski definition) is 6. The molecule has 2 amide bonds. The van der Waals surface area contributed by atoms with Gasteiger partial charge in [-0.05, 0) is 41.4 Å². The standard InChI is InChI=1S/C25H31N5O14S/c26-25(36)40-13-14-1-4-16(5-2-14)43-45(37,38)44-18-11-15(23(35)28-7-9-39-10-8-29-30-27)3-6-17(18)41-24-22(34)21(33)20(32)19(12-31)42-24/h1-6,11,19-22,24,31-34H,7-10,12-13H2,(H2,26,36)(H,28,35)/t19-,20+,21+,22-,24-/m0/s1. The summed E-state index contributed by atoms with van der Waals surface area (Å²) in [4.78, 5) is 26.1. The van der Waals surface area contributed by atoms with E-state index in [1.165, 1.54) is 30.3 Å². The van der Waals surface area contributed by atoms with Crippen LogP contribution in [0.2, 0.25) is 0 Å². The van der Waals surface area contributed by atoms with Crippen molar-refractivity contribution in [3.63, 3.8) is 0 Å². The lowest BCUT2D eigenvalue weighted by Crippen LogP contribution is -2.60. The molecule has 0 saturated carbocycles. The lowest BCUT2D eigenvalue weighted by atomic mass is 9.99. The molecule has 3 rings (SSSR count). The van der Waals surface area contributed by atoms with Crippen LogP contribution in [0.15, 0.2) is 47.6 Å². The molecule has 1 heterocycles. The first kappa shape index (κ1) is 35.1. The van der Waals surface area contributed by atoms with Crippen LogP contribution in [-0.2, 0) is 31.2 Å². The highest BCUT2D eigenvalue weighted by atomic mass is 32.3. The maximum Gasteiger partial charge on any atom is 0.501 e. The van der Waals surface area contributed by atoms with Gasteiger partial charge in [-0.1, -0.05) is 17.2 Å². The van der Waals surface area contributed by atoms with Crippen LogP contribution in [0.4, 0.5) is 4.79 Å². The van der Waals surface area contributed by atoms with E-state index in [9.17, 15) is 38.4 Å². The smallest absolute Gasteiger partial charge is 0.458 e.